The third kappa shape index (κ3) is 3.95. The number of urea groups is 1. The number of aliphatic carboxylic acids is 1. The van der Waals surface area contributed by atoms with Crippen LogP contribution >= 0.6 is 0 Å². The van der Waals surface area contributed by atoms with Gasteiger partial charge in [-0.2, -0.15) is 0 Å². The van der Waals surface area contributed by atoms with E-state index in [9.17, 15) is 14.4 Å². The van der Waals surface area contributed by atoms with Gasteiger partial charge in [-0.1, -0.05) is 6.07 Å². The zero-order valence-corrected chi connectivity index (χ0v) is 11.4. The van der Waals surface area contributed by atoms with Crippen molar-refractivity contribution in [2.45, 2.75) is 31.7 Å². The van der Waals surface area contributed by atoms with Gasteiger partial charge in [-0.15, -0.1) is 0 Å². The molecular formula is C14H17N3O4. The van der Waals surface area contributed by atoms with Crippen molar-refractivity contribution in [3.05, 3.63) is 29.3 Å². The van der Waals surface area contributed by atoms with Crippen LogP contribution in [0.3, 0.4) is 0 Å². The van der Waals surface area contributed by atoms with Crippen molar-refractivity contribution >= 4 is 23.6 Å². The summed E-state index contributed by atoms with van der Waals surface area (Å²) >= 11 is 0. The Kier molecular flexibility index (Phi) is 4.42. The summed E-state index contributed by atoms with van der Waals surface area (Å²) < 4.78 is 0. The summed E-state index contributed by atoms with van der Waals surface area (Å²) in [5.41, 5.74) is 8.01. The second kappa shape index (κ2) is 6.25. The standard InChI is InChI=1S/C14H17N3O4/c15-12(18)7-11(13(19)20)17-14(21)16-10-5-4-8-2-1-3-9(8)6-10/h4-6,11H,1-3,7H2,(H2,15,18)(H,19,20)(H2,16,17,21). The van der Waals surface area contributed by atoms with E-state index in [0.717, 1.165) is 19.3 Å². The lowest BCUT2D eigenvalue weighted by Gasteiger charge is -2.14. The Bertz CT molecular complexity index is 586. The Labute approximate surface area is 121 Å². The molecule has 5 N–H and O–H groups in total. The van der Waals surface area contributed by atoms with Crippen molar-refractivity contribution in [2.75, 3.05) is 5.32 Å². The van der Waals surface area contributed by atoms with Crippen molar-refractivity contribution in [1.82, 2.24) is 5.32 Å². The van der Waals surface area contributed by atoms with Crippen molar-refractivity contribution in [3.63, 3.8) is 0 Å². The van der Waals surface area contributed by atoms with E-state index in [4.69, 9.17) is 10.8 Å². The summed E-state index contributed by atoms with van der Waals surface area (Å²) in [7, 11) is 0. The van der Waals surface area contributed by atoms with Crippen molar-refractivity contribution < 1.29 is 19.5 Å². The SMILES string of the molecule is NC(=O)CC(NC(=O)Nc1ccc2c(c1)CCC2)C(=O)O. The molecule has 0 heterocycles. The van der Waals surface area contributed by atoms with Crippen LogP contribution in [0.1, 0.15) is 24.0 Å². The molecule has 0 aromatic heterocycles. The van der Waals surface area contributed by atoms with Crippen LogP contribution < -0.4 is 16.4 Å². The van der Waals surface area contributed by atoms with Gasteiger partial charge in [0.2, 0.25) is 5.91 Å². The number of hydrogen-bond donors (Lipinski definition) is 4. The molecule has 1 aromatic carbocycles. The predicted molar refractivity (Wildman–Crippen MR) is 75.9 cm³/mol. The molecule has 0 fully saturated rings. The molecule has 112 valence electrons. The van der Waals surface area contributed by atoms with Gasteiger partial charge in [-0.3, -0.25) is 4.79 Å². The molecule has 0 bridgehead atoms. The second-order valence-corrected chi connectivity index (χ2v) is 5.00. The van der Waals surface area contributed by atoms with Crippen molar-refractivity contribution in [2.24, 2.45) is 5.73 Å². The van der Waals surface area contributed by atoms with Crippen LogP contribution in [0.4, 0.5) is 10.5 Å². The van der Waals surface area contributed by atoms with E-state index in [1.54, 1.807) is 6.07 Å². The lowest BCUT2D eigenvalue weighted by Crippen LogP contribution is -2.45. The first-order valence-corrected chi connectivity index (χ1v) is 6.66. The highest BCUT2D eigenvalue weighted by atomic mass is 16.4. The van der Waals surface area contributed by atoms with Gasteiger partial charge >= 0.3 is 12.0 Å². The number of fused-ring (bicyclic) bond motifs is 1. The van der Waals surface area contributed by atoms with E-state index in [2.05, 4.69) is 10.6 Å². The number of benzene rings is 1. The molecule has 3 amide bonds. The molecule has 21 heavy (non-hydrogen) atoms. The number of carbonyl (C=O) groups excluding carboxylic acids is 2. The van der Waals surface area contributed by atoms with Gasteiger partial charge in [0.1, 0.15) is 6.04 Å². The number of amides is 3. The zero-order chi connectivity index (χ0) is 15.4. The highest BCUT2D eigenvalue weighted by Crippen LogP contribution is 2.24. The molecule has 0 aliphatic heterocycles. The second-order valence-electron chi connectivity index (χ2n) is 5.00. The summed E-state index contributed by atoms with van der Waals surface area (Å²) in [6.45, 7) is 0. The fraction of sp³-hybridized carbons (Fsp3) is 0.357. The van der Waals surface area contributed by atoms with Gasteiger partial charge in [0.15, 0.2) is 0 Å². The van der Waals surface area contributed by atoms with E-state index in [1.165, 1.54) is 11.1 Å². The maximum atomic E-state index is 11.8. The van der Waals surface area contributed by atoms with Crippen LogP contribution in [0.25, 0.3) is 0 Å². The first-order valence-electron chi connectivity index (χ1n) is 6.66. The number of hydrogen-bond acceptors (Lipinski definition) is 3. The largest absolute Gasteiger partial charge is 0.480 e. The minimum atomic E-state index is -1.34. The van der Waals surface area contributed by atoms with Crippen LogP contribution in [-0.2, 0) is 22.4 Å². The molecule has 1 aromatic rings. The normalized spacial score (nSPS) is 14.1. The molecule has 2 rings (SSSR count). The first-order chi connectivity index (χ1) is 9.95. The van der Waals surface area contributed by atoms with Gasteiger partial charge in [0.25, 0.3) is 0 Å². The Morgan fingerprint density at radius 2 is 1.95 bits per heavy atom. The summed E-state index contributed by atoms with van der Waals surface area (Å²) in [4.78, 5) is 33.5. The summed E-state index contributed by atoms with van der Waals surface area (Å²) in [5, 5.41) is 13.7. The molecule has 7 heteroatoms. The number of anilines is 1. The predicted octanol–water partition coefficient (Wildman–Crippen LogP) is 0.625. The number of nitrogens with two attached hydrogens (primary N) is 1. The van der Waals surface area contributed by atoms with Gasteiger partial charge in [0, 0.05) is 5.69 Å². The van der Waals surface area contributed by atoms with Crippen LogP contribution in [-0.4, -0.2) is 29.1 Å². The van der Waals surface area contributed by atoms with Gasteiger partial charge in [0.05, 0.1) is 6.42 Å². The maximum absolute atomic E-state index is 11.8. The average molecular weight is 291 g/mol. The molecule has 0 radical (unpaired) electrons. The van der Waals surface area contributed by atoms with Crippen LogP contribution in [0.15, 0.2) is 18.2 Å². The van der Waals surface area contributed by atoms with Crippen molar-refractivity contribution in [3.8, 4) is 0 Å². The Balaban J connectivity index is 1.97. The van der Waals surface area contributed by atoms with Crippen LogP contribution in [0.2, 0.25) is 0 Å². The zero-order valence-electron chi connectivity index (χ0n) is 11.4. The quantitative estimate of drug-likeness (QED) is 0.635. The molecule has 1 aliphatic rings. The molecule has 1 unspecified atom stereocenters. The van der Waals surface area contributed by atoms with Crippen LogP contribution in [0, 0.1) is 0 Å². The van der Waals surface area contributed by atoms with E-state index in [-0.39, 0.29) is 0 Å². The fourth-order valence-corrected chi connectivity index (χ4v) is 2.38. The van der Waals surface area contributed by atoms with E-state index < -0.39 is 30.4 Å². The monoisotopic (exact) mass is 291 g/mol. The fourth-order valence-electron chi connectivity index (χ4n) is 2.38. The maximum Gasteiger partial charge on any atom is 0.326 e. The summed E-state index contributed by atoms with van der Waals surface area (Å²) in [6.07, 6.45) is 2.67. The molecular weight excluding hydrogens is 274 g/mol. The van der Waals surface area contributed by atoms with Gasteiger partial charge in [-0.05, 0) is 42.5 Å². The number of carboxylic acid groups (broad SMARTS) is 1. The number of rotatable bonds is 5. The lowest BCUT2D eigenvalue weighted by molar-refractivity contribution is -0.140. The molecule has 1 atom stereocenters. The third-order valence-electron chi connectivity index (χ3n) is 3.37. The first kappa shape index (κ1) is 14.8. The minimum absolute atomic E-state index is 0.451. The van der Waals surface area contributed by atoms with Crippen LogP contribution in [0.5, 0.6) is 0 Å². The van der Waals surface area contributed by atoms with E-state index >= 15 is 0 Å². The van der Waals surface area contributed by atoms with Gasteiger partial charge in [-0.25, -0.2) is 9.59 Å². The molecule has 0 spiro atoms. The average Bonchev–Trinajstić information content (AvgIpc) is 2.84. The number of nitrogens with one attached hydrogen (secondary N) is 2. The van der Waals surface area contributed by atoms with Crippen molar-refractivity contribution in [1.29, 1.82) is 0 Å². The molecule has 1 aliphatic carbocycles. The Morgan fingerprint density at radius 3 is 2.62 bits per heavy atom. The minimum Gasteiger partial charge on any atom is -0.480 e. The summed E-state index contributed by atoms with van der Waals surface area (Å²) in [5.74, 6) is -2.10. The molecule has 7 nitrogen and oxygen atoms in total. The summed E-state index contributed by atoms with van der Waals surface area (Å²) in [6, 6.07) is 3.59. The Morgan fingerprint density at radius 1 is 1.24 bits per heavy atom. The third-order valence-corrected chi connectivity index (χ3v) is 3.37. The molecule has 0 saturated heterocycles. The lowest BCUT2D eigenvalue weighted by atomic mass is 10.1. The van der Waals surface area contributed by atoms with E-state index in [1.807, 2.05) is 12.1 Å². The topological polar surface area (TPSA) is 122 Å². The Hall–Kier alpha value is -2.57. The van der Waals surface area contributed by atoms with E-state index in [0.29, 0.717) is 5.69 Å². The smallest absolute Gasteiger partial charge is 0.326 e. The number of aryl methyl sites for hydroxylation is 2. The number of carbonyl (C=O) groups is 3. The van der Waals surface area contributed by atoms with Gasteiger partial charge < -0.3 is 21.5 Å². The molecule has 0 saturated carbocycles. The number of carboxylic acids is 1. The highest BCUT2D eigenvalue weighted by Gasteiger charge is 2.22. The number of primary amides is 1. The highest BCUT2D eigenvalue weighted by molar-refractivity contribution is 5.93.